The van der Waals surface area contributed by atoms with Gasteiger partial charge >= 0.3 is 6.03 Å². The molecular weight excluding hydrogens is 409 g/mol. The van der Waals surface area contributed by atoms with Gasteiger partial charge in [0.2, 0.25) is 0 Å². The lowest BCUT2D eigenvalue weighted by atomic mass is 9.94. The fraction of sp³-hybridized carbons (Fsp3) is 0.0909. The predicted octanol–water partition coefficient (Wildman–Crippen LogP) is 3.99. The minimum atomic E-state index is -2.31. The van der Waals surface area contributed by atoms with Gasteiger partial charge in [0.1, 0.15) is 5.82 Å². The van der Waals surface area contributed by atoms with Crippen molar-refractivity contribution in [2.24, 2.45) is 0 Å². The molecule has 0 aliphatic carbocycles. The summed E-state index contributed by atoms with van der Waals surface area (Å²) < 4.78 is 13.1. The Hall–Kier alpha value is -3.42. The zero-order valence-electron chi connectivity index (χ0n) is 15.6. The minimum absolute atomic E-state index is 0.0413. The maximum Gasteiger partial charge on any atom is 0.329 e. The van der Waals surface area contributed by atoms with E-state index in [2.05, 4.69) is 10.6 Å². The number of benzene rings is 3. The zero-order valence-corrected chi connectivity index (χ0v) is 16.4. The molecule has 1 aliphatic heterocycles. The average Bonchev–Trinajstić information content (AvgIpc) is 2.74. The van der Waals surface area contributed by atoms with Crippen LogP contribution in [0.15, 0.2) is 72.8 Å². The van der Waals surface area contributed by atoms with Gasteiger partial charge < -0.3 is 15.7 Å². The standard InChI is InChI=1S/C22H17ClFN3O3/c23-15-7-11-17(12-8-15)27-21(29)26-19-4-2-1-3-18(19)22(27,30)20(28)25-13-14-5-9-16(24)10-6-14/h1-12,30H,13H2,(H,25,28)(H,26,29)/t22-/m0/s1. The summed E-state index contributed by atoms with van der Waals surface area (Å²) in [5.74, 6) is -1.19. The van der Waals surface area contributed by atoms with E-state index in [0.29, 0.717) is 16.3 Å². The largest absolute Gasteiger partial charge is 0.359 e. The summed E-state index contributed by atoms with van der Waals surface area (Å²) in [5, 5.41) is 17.4. The van der Waals surface area contributed by atoms with E-state index in [4.69, 9.17) is 11.6 Å². The number of rotatable bonds is 4. The molecule has 1 aliphatic rings. The highest BCUT2D eigenvalue weighted by Gasteiger charge is 2.51. The number of carbonyl (C=O) groups excluding carboxylic acids is 2. The number of nitrogens with one attached hydrogen (secondary N) is 2. The van der Waals surface area contributed by atoms with Crippen molar-refractivity contribution in [1.82, 2.24) is 5.32 Å². The van der Waals surface area contributed by atoms with Crippen LogP contribution in [0, 0.1) is 5.82 Å². The molecular formula is C22H17ClFN3O3. The van der Waals surface area contributed by atoms with Crippen molar-refractivity contribution < 1.29 is 19.1 Å². The maximum absolute atomic E-state index is 13.2. The van der Waals surface area contributed by atoms with Crippen LogP contribution in [0.3, 0.4) is 0 Å². The predicted molar refractivity (Wildman–Crippen MR) is 112 cm³/mol. The van der Waals surface area contributed by atoms with E-state index >= 15 is 0 Å². The van der Waals surface area contributed by atoms with E-state index in [0.717, 1.165) is 4.90 Å². The molecule has 0 bridgehead atoms. The Kier molecular flexibility index (Phi) is 5.15. The molecule has 1 atom stereocenters. The third-order valence-electron chi connectivity index (χ3n) is 4.84. The summed E-state index contributed by atoms with van der Waals surface area (Å²) in [6.45, 7) is 0.0413. The van der Waals surface area contributed by atoms with Crippen LogP contribution in [0.1, 0.15) is 11.1 Å². The Morgan fingerprint density at radius 3 is 2.43 bits per heavy atom. The van der Waals surface area contributed by atoms with Gasteiger partial charge in [0.15, 0.2) is 0 Å². The van der Waals surface area contributed by atoms with E-state index in [1.165, 1.54) is 36.4 Å². The minimum Gasteiger partial charge on any atom is -0.359 e. The first kappa shape index (κ1) is 19.9. The number of fused-ring (bicyclic) bond motifs is 1. The van der Waals surface area contributed by atoms with E-state index in [9.17, 15) is 19.1 Å². The van der Waals surface area contributed by atoms with Crippen molar-refractivity contribution in [3.8, 4) is 0 Å². The van der Waals surface area contributed by atoms with Crippen LogP contribution in [0.4, 0.5) is 20.6 Å². The number of urea groups is 1. The molecule has 0 saturated heterocycles. The highest BCUT2D eigenvalue weighted by molar-refractivity contribution is 6.30. The Balaban J connectivity index is 1.74. The van der Waals surface area contributed by atoms with Gasteiger partial charge in [0, 0.05) is 22.8 Å². The number of aliphatic hydroxyl groups is 1. The number of carbonyl (C=O) groups is 2. The van der Waals surface area contributed by atoms with Crippen LogP contribution in [-0.2, 0) is 17.1 Å². The topological polar surface area (TPSA) is 81.7 Å². The molecule has 8 heteroatoms. The molecule has 0 fully saturated rings. The SMILES string of the molecule is O=C1Nc2ccccc2[C@](O)(C(=O)NCc2ccc(F)cc2)N1c1ccc(Cl)cc1. The number of anilines is 2. The summed E-state index contributed by atoms with van der Waals surface area (Å²) in [5.41, 5.74) is -0.846. The van der Waals surface area contributed by atoms with Crippen molar-refractivity contribution >= 4 is 34.9 Å². The van der Waals surface area contributed by atoms with Gasteiger partial charge in [-0.2, -0.15) is 0 Å². The van der Waals surface area contributed by atoms with Crippen molar-refractivity contribution in [2.45, 2.75) is 12.3 Å². The first-order valence-corrected chi connectivity index (χ1v) is 9.49. The van der Waals surface area contributed by atoms with Gasteiger partial charge in [-0.05, 0) is 48.0 Å². The molecule has 0 spiro atoms. The lowest BCUT2D eigenvalue weighted by Crippen LogP contribution is -2.62. The monoisotopic (exact) mass is 425 g/mol. The van der Waals surface area contributed by atoms with Gasteiger partial charge in [0.25, 0.3) is 11.6 Å². The number of hydrogen-bond donors (Lipinski definition) is 3. The quantitative estimate of drug-likeness (QED) is 0.591. The van der Waals surface area contributed by atoms with Crippen LogP contribution >= 0.6 is 11.6 Å². The number of amides is 3. The molecule has 3 amide bonds. The average molecular weight is 426 g/mol. The van der Waals surface area contributed by atoms with Crippen molar-refractivity contribution in [1.29, 1.82) is 0 Å². The second kappa shape index (κ2) is 7.78. The molecule has 3 aromatic carbocycles. The van der Waals surface area contributed by atoms with Crippen LogP contribution in [0.25, 0.3) is 0 Å². The van der Waals surface area contributed by atoms with Crippen LogP contribution < -0.4 is 15.5 Å². The van der Waals surface area contributed by atoms with Gasteiger partial charge in [-0.1, -0.05) is 41.9 Å². The molecule has 30 heavy (non-hydrogen) atoms. The van der Waals surface area contributed by atoms with Crippen LogP contribution in [-0.4, -0.2) is 17.0 Å². The van der Waals surface area contributed by atoms with Gasteiger partial charge in [-0.3, -0.25) is 9.69 Å². The fourth-order valence-electron chi connectivity index (χ4n) is 3.36. The van der Waals surface area contributed by atoms with Crippen LogP contribution in [0.2, 0.25) is 5.02 Å². The maximum atomic E-state index is 13.2. The Bertz CT molecular complexity index is 1110. The molecule has 0 saturated carbocycles. The van der Waals surface area contributed by atoms with Crippen molar-refractivity contribution in [2.75, 3.05) is 10.2 Å². The first-order valence-electron chi connectivity index (χ1n) is 9.11. The Morgan fingerprint density at radius 1 is 1.07 bits per heavy atom. The first-order chi connectivity index (χ1) is 14.4. The number of hydrogen-bond acceptors (Lipinski definition) is 3. The smallest absolute Gasteiger partial charge is 0.329 e. The summed E-state index contributed by atoms with van der Waals surface area (Å²) in [7, 11) is 0. The van der Waals surface area contributed by atoms with Gasteiger partial charge in [-0.15, -0.1) is 0 Å². The molecule has 0 unspecified atom stereocenters. The normalized spacial score (nSPS) is 17.8. The zero-order chi connectivity index (χ0) is 21.3. The lowest BCUT2D eigenvalue weighted by molar-refractivity contribution is -0.140. The number of nitrogens with zero attached hydrogens (tertiary/aromatic N) is 1. The Morgan fingerprint density at radius 2 is 1.73 bits per heavy atom. The molecule has 4 rings (SSSR count). The fourth-order valence-corrected chi connectivity index (χ4v) is 3.49. The highest BCUT2D eigenvalue weighted by Crippen LogP contribution is 2.39. The number of para-hydroxylation sites is 1. The highest BCUT2D eigenvalue weighted by atomic mass is 35.5. The van der Waals surface area contributed by atoms with Crippen molar-refractivity contribution in [3.63, 3.8) is 0 Å². The third kappa shape index (κ3) is 3.49. The van der Waals surface area contributed by atoms with Crippen molar-refractivity contribution in [3.05, 3.63) is 94.8 Å². The Labute approximate surface area is 176 Å². The van der Waals surface area contributed by atoms with E-state index < -0.39 is 23.5 Å². The van der Waals surface area contributed by atoms with Gasteiger partial charge in [-0.25, -0.2) is 9.18 Å². The summed E-state index contributed by atoms with van der Waals surface area (Å²) in [6.07, 6.45) is 0. The summed E-state index contributed by atoms with van der Waals surface area (Å²) >= 11 is 5.94. The second-order valence-electron chi connectivity index (χ2n) is 6.77. The van der Waals surface area contributed by atoms with Gasteiger partial charge in [0.05, 0.1) is 5.69 Å². The number of halogens is 2. The van der Waals surface area contributed by atoms with E-state index in [1.54, 1.807) is 36.4 Å². The molecule has 0 radical (unpaired) electrons. The molecule has 3 aromatic rings. The molecule has 152 valence electrons. The lowest BCUT2D eigenvalue weighted by Gasteiger charge is -2.42. The molecule has 0 aromatic heterocycles. The van der Waals surface area contributed by atoms with E-state index in [1.807, 2.05) is 0 Å². The molecule has 1 heterocycles. The summed E-state index contributed by atoms with van der Waals surface area (Å²) in [6, 6.07) is 17.6. The van der Waals surface area contributed by atoms with E-state index in [-0.39, 0.29) is 17.8 Å². The molecule has 6 nitrogen and oxygen atoms in total. The van der Waals surface area contributed by atoms with Crippen LogP contribution in [0.5, 0.6) is 0 Å². The summed E-state index contributed by atoms with van der Waals surface area (Å²) in [4.78, 5) is 27.1. The molecule has 3 N–H and O–H groups in total. The third-order valence-corrected chi connectivity index (χ3v) is 5.09. The second-order valence-corrected chi connectivity index (χ2v) is 7.21.